The molecule has 0 fully saturated rings. The first-order chi connectivity index (χ1) is 18.8. The van der Waals surface area contributed by atoms with Crippen LogP contribution >= 0.6 is 0 Å². The topological polar surface area (TPSA) is 29.1 Å². The van der Waals surface area contributed by atoms with Gasteiger partial charge in [-0.1, -0.05) is 200 Å². The normalized spacial score (nSPS) is 11.3. The summed E-state index contributed by atoms with van der Waals surface area (Å²) in [4.78, 5) is 12.0. The molecule has 0 radical (unpaired) electrons. The number of carbonyl (C=O) groups excluding carboxylic acids is 1. The van der Waals surface area contributed by atoms with Gasteiger partial charge in [0.05, 0.1) is 0 Å². The third-order valence-corrected chi connectivity index (χ3v) is 8.36. The zero-order chi connectivity index (χ0) is 27.6. The van der Waals surface area contributed by atoms with Crippen molar-refractivity contribution < 1.29 is 4.79 Å². The highest BCUT2D eigenvalue weighted by atomic mass is 16.1. The van der Waals surface area contributed by atoms with E-state index >= 15 is 0 Å². The molecule has 0 aromatic rings. The molecular weight excluding hydrogens is 462 g/mol. The molecule has 0 aliphatic rings. The molecule has 0 bridgehead atoms. The Labute approximate surface area is 241 Å². The summed E-state index contributed by atoms with van der Waals surface area (Å²) in [6, 6.07) is 0. The lowest BCUT2D eigenvalue weighted by molar-refractivity contribution is -0.121. The Bertz CT molecular complexity index is 435. The highest BCUT2D eigenvalue weighted by molar-refractivity contribution is 5.75. The Hall–Kier alpha value is -0.530. The van der Waals surface area contributed by atoms with Crippen LogP contribution in [0.5, 0.6) is 0 Å². The molecule has 0 aliphatic carbocycles. The van der Waals surface area contributed by atoms with Crippen molar-refractivity contribution in [1.82, 2.24) is 5.32 Å². The number of carbonyl (C=O) groups is 1. The van der Waals surface area contributed by atoms with Crippen LogP contribution in [0.4, 0.5) is 0 Å². The van der Waals surface area contributed by atoms with Crippen molar-refractivity contribution in [2.45, 2.75) is 219 Å². The smallest absolute Gasteiger partial charge is 0.219 e. The van der Waals surface area contributed by atoms with Gasteiger partial charge in [-0.05, 0) is 12.8 Å². The highest BCUT2D eigenvalue weighted by Crippen LogP contribution is 2.15. The van der Waals surface area contributed by atoms with E-state index in [1.54, 1.807) is 0 Å². The molecule has 0 atom stereocenters. The van der Waals surface area contributed by atoms with E-state index in [2.05, 4.69) is 19.2 Å². The van der Waals surface area contributed by atoms with E-state index in [1.165, 1.54) is 186 Å². The van der Waals surface area contributed by atoms with Gasteiger partial charge in [-0.25, -0.2) is 0 Å². The van der Waals surface area contributed by atoms with Crippen molar-refractivity contribution >= 4 is 5.91 Å². The lowest BCUT2D eigenvalue weighted by Gasteiger charge is -2.06. The molecule has 0 saturated carbocycles. The van der Waals surface area contributed by atoms with Crippen LogP contribution in [0.3, 0.4) is 0 Å². The van der Waals surface area contributed by atoms with Gasteiger partial charge >= 0.3 is 0 Å². The van der Waals surface area contributed by atoms with Crippen LogP contribution in [0.2, 0.25) is 0 Å². The molecule has 0 aromatic carbocycles. The molecule has 0 aliphatic heterocycles. The maximum absolute atomic E-state index is 12.0. The van der Waals surface area contributed by atoms with E-state index in [1.807, 2.05) is 0 Å². The molecule has 228 valence electrons. The zero-order valence-electron chi connectivity index (χ0n) is 26.7. The van der Waals surface area contributed by atoms with Crippen LogP contribution in [-0.4, -0.2) is 12.5 Å². The van der Waals surface area contributed by atoms with E-state index in [9.17, 15) is 4.79 Å². The summed E-state index contributed by atoms with van der Waals surface area (Å²) in [5.41, 5.74) is 0. The second-order valence-electron chi connectivity index (χ2n) is 12.4. The van der Waals surface area contributed by atoms with E-state index < -0.39 is 0 Å². The standard InChI is InChI=1S/C36H73NO/c1-3-5-7-9-11-13-14-15-16-17-18-19-20-21-22-23-24-25-27-29-31-33-35-37-36(38)34-32-30-28-26-12-10-8-6-4-2/h3-35H2,1-2H3,(H,37,38). The van der Waals surface area contributed by atoms with Gasteiger partial charge in [0, 0.05) is 13.0 Å². The van der Waals surface area contributed by atoms with Gasteiger partial charge in [-0.15, -0.1) is 0 Å². The molecule has 0 heterocycles. The summed E-state index contributed by atoms with van der Waals surface area (Å²) in [5.74, 6) is 0.274. The molecule has 0 rings (SSSR count). The largest absolute Gasteiger partial charge is 0.356 e. The van der Waals surface area contributed by atoms with Crippen LogP contribution in [0.1, 0.15) is 219 Å². The van der Waals surface area contributed by atoms with Gasteiger partial charge in [0.15, 0.2) is 0 Å². The van der Waals surface area contributed by atoms with Gasteiger partial charge in [0.25, 0.3) is 0 Å². The predicted molar refractivity (Wildman–Crippen MR) is 172 cm³/mol. The van der Waals surface area contributed by atoms with Crippen LogP contribution in [0, 0.1) is 0 Å². The zero-order valence-corrected chi connectivity index (χ0v) is 26.7. The highest BCUT2D eigenvalue weighted by Gasteiger charge is 2.01. The van der Waals surface area contributed by atoms with Crippen LogP contribution < -0.4 is 5.32 Å². The van der Waals surface area contributed by atoms with Crippen molar-refractivity contribution in [3.63, 3.8) is 0 Å². The maximum atomic E-state index is 12.0. The summed E-state index contributed by atoms with van der Waals surface area (Å²) in [7, 11) is 0. The molecule has 1 N–H and O–H groups in total. The minimum atomic E-state index is 0.274. The maximum Gasteiger partial charge on any atom is 0.219 e. The van der Waals surface area contributed by atoms with Crippen LogP contribution in [-0.2, 0) is 4.79 Å². The molecular formula is C36H73NO. The number of nitrogens with one attached hydrogen (secondary N) is 1. The molecule has 0 unspecified atom stereocenters. The molecule has 0 spiro atoms. The second-order valence-corrected chi connectivity index (χ2v) is 12.4. The van der Waals surface area contributed by atoms with Gasteiger partial charge < -0.3 is 5.32 Å². The lowest BCUT2D eigenvalue weighted by Crippen LogP contribution is -2.23. The van der Waals surface area contributed by atoms with Crippen molar-refractivity contribution in [3.8, 4) is 0 Å². The Morgan fingerprint density at radius 3 is 0.868 bits per heavy atom. The van der Waals surface area contributed by atoms with E-state index in [4.69, 9.17) is 0 Å². The van der Waals surface area contributed by atoms with Crippen LogP contribution in [0.25, 0.3) is 0 Å². The molecule has 0 aromatic heterocycles. The average molecular weight is 536 g/mol. The minimum Gasteiger partial charge on any atom is -0.356 e. The quantitative estimate of drug-likeness (QED) is 0.0832. The van der Waals surface area contributed by atoms with Gasteiger partial charge in [-0.3, -0.25) is 4.79 Å². The van der Waals surface area contributed by atoms with E-state index in [-0.39, 0.29) is 5.91 Å². The lowest BCUT2D eigenvalue weighted by atomic mass is 10.0. The number of unbranched alkanes of at least 4 members (excludes halogenated alkanes) is 29. The molecule has 1 amide bonds. The van der Waals surface area contributed by atoms with Crippen LogP contribution in [0.15, 0.2) is 0 Å². The summed E-state index contributed by atoms with van der Waals surface area (Å²) in [6.45, 7) is 5.46. The first-order valence-corrected chi connectivity index (χ1v) is 18.1. The van der Waals surface area contributed by atoms with E-state index in [0.717, 1.165) is 25.8 Å². The van der Waals surface area contributed by atoms with E-state index in [0.29, 0.717) is 0 Å². The second kappa shape index (κ2) is 34.5. The third kappa shape index (κ3) is 33.5. The van der Waals surface area contributed by atoms with Crippen molar-refractivity contribution in [2.24, 2.45) is 0 Å². The Balaban J connectivity index is 3.11. The molecule has 2 nitrogen and oxygen atoms in total. The van der Waals surface area contributed by atoms with Crippen molar-refractivity contribution in [2.75, 3.05) is 6.54 Å². The third-order valence-electron chi connectivity index (χ3n) is 8.36. The summed E-state index contributed by atoms with van der Waals surface area (Å²) in [6.07, 6.45) is 43.8. The number of hydrogen-bond donors (Lipinski definition) is 1. The first kappa shape index (κ1) is 37.5. The number of rotatable bonds is 33. The SMILES string of the molecule is CCCCCCCCCCCCCCCCCCCCCCCCNC(=O)CCCCCCCCCCC. The fraction of sp³-hybridized carbons (Fsp3) is 0.972. The molecule has 0 saturated heterocycles. The number of hydrogen-bond acceptors (Lipinski definition) is 1. The average Bonchev–Trinajstić information content (AvgIpc) is 2.92. The fourth-order valence-electron chi connectivity index (χ4n) is 5.65. The summed E-state index contributed by atoms with van der Waals surface area (Å²) in [5, 5.41) is 3.13. The molecule has 38 heavy (non-hydrogen) atoms. The Morgan fingerprint density at radius 1 is 0.342 bits per heavy atom. The molecule has 2 heteroatoms. The first-order valence-electron chi connectivity index (χ1n) is 18.1. The van der Waals surface area contributed by atoms with Crippen molar-refractivity contribution in [1.29, 1.82) is 0 Å². The Kier molecular flexibility index (Phi) is 34.0. The van der Waals surface area contributed by atoms with Gasteiger partial charge in [0.1, 0.15) is 0 Å². The minimum absolute atomic E-state index is 0.274. The van der Waals surface area contributed by atoms with Gasteiger partial charge in [-0.2, -0.15) is 0 Å². The van der Waals surface area contributed by atoms with Crippen molar-refractivity contribution in [3.05, 3.63) is 0 Å². The number of amides is 1. The monoisotopic (exact) mass is 536 g/mol. The Morgan fingerprint density at radius 2 is 0.579 bits per heavy atom. The fourth-order valence-corrected chi connectivity index (χ4v) is 5.65. The predicted octanol–water partition coefficient (Wildman–Crippen LogP) is 12.6. The van der Waals surface area contributed by atoms with Gasteiger partial charge in [0.2, 0.25) is 5.91 Å². The summed E-state index contributed by atoms with van der Waals surface area (Å²) < 4.78 is 0. The summed E-state index contributed by atoms with van der Waals surface area (Å²) >= 11 is 0.